The number of ether oxygens (including phenoxy) is 1. The predicted molar refractivity (Wildman–Crippen MR) is 31.4 cm³/mol. The molecule has 0 aliphatic carbocycles. The van der Waals surface area contributed by atoms with Crippen molar-refractivity contribution in [2.45, 2.75) is 13.8 Å². The van der Waals surface area contributed by atoms with E-state index in [0.717, 1.165) is 0 Å². The molecule has 0 aliphatic heterocycles. The molecule has 0 aromatic carbocycles. The molecule has 0 amide bonds. The lowest BCUT2D eigenvalue weighted by atomic mass is 10.4. The standard InChI is InChI=1S/C6H10O2/c1-4-8-6(7)5(2)3/h2,4H2,1,3H3/i1D3,4D2. The van der Waals surface area contributed by atoms with Gasteiger partial charge in [-0.2, -0.15) is 0 Å². The molecule has 0 saturated carbocycles. The Morgan fingerprint density at radius 3 is 3.12 bits per heavy atom. The van der Waals surface area contributed by atoms with Crippen LogP contribution in [0.4, 0.5) is 0 Å². The number of carbonyl (C=O) groups is 1. The monoisotopic (exact) mass is 119 g/mol. The van der Waals surface area contributed by atoms with Crippen LogP contribution in [0.5, 0.6) is 0 Å². The molecule has 0 fully saturated rings. The summed E-state index contributed by atoms with van der Waals surface area (Å²) in [4.78, 5) is 10.8. The first kappa shape index (κ1) is 2.21. The fourth-order valence-corrected chi connectivity index (χ4v) is 0.133. The van der Waals surface area contributed by atoms with Gasteiger partial charge in [0.1, 0.15) is 0 Å². The first-order valence-electron chi connectivity index (χ1n) is 4.47. The topological polar surface area (TPSA) is 26.3 Å². The van der Waals surface area contributed by atoms with E-state index in [1.165, 1.54) is 6.92 Å². The van der Waals surface area contributed by atoms with Crippen LogP contribution in [0.2, 0.25) is 0 Å². The SMILES string of the molecule is [2H]C([2H])([2H])C([2H])([2H])OC(=O)C(=C)C. The Kier molecular flexibility index (Phi) is 0.897. The molecule has 0 atom stereocenters. The van der Waals surface area contributed by atoms with Gasteiger partial charge in [0, 0.05) is 9.69 Å². The van der Waals surface area contributed by atoms with Crippen LogP contribution >= 0.6 is 0 Å². The second kappa shape index (κ2) is 3.24. The highest BCUT2D eigenvalue weighted by molar-refractivity contribution is 5.86. The van der Waals surface area contributed by atoms with E-state index in [2.05, 4.69) is 11.3 Å². The average molecular weight is 119 g/mol. The summed E-state index contributed by atoms with van der Waals surface area (Å²) in [6.07, 6.45) is 0. The summed E-state index contributed by atoms with van der Waals surface area (Å²) in [5.41, 5.74) is -0.0480. The van der Waals surface area contributed by atoms with Gasteiger partial charge in [0.2, 0.25) is 0 Å². The van der Waals surface area contributed by atoms with Crippen molar-refractivity contribution < 1.29 is 16.4 Å². The Hall–Kier alpha value is -0.790. The first-order valence-corrected chi connectivity index (χ1v) is 1.97. The summed E-state index contributed by atoms with van der Waals surface area (Å²) >= 11 is 0. The minimum atomic E-state index is -2.99. The van der Waals surface area contributed by atoms with Gasteiger partial charge in [-0.05, 0) is 13.8 Å². The third kappa shape index (κ3) is 2.39. The largest absolute Gasteiger partial charge is 0.463 e. The third-order valence-electron chi connectivity index (χ3n) is 0.492. The second-order valence-electron chi connectivity index (χ2n) is 1.27. The van der Waals surface area contributed by atoms with Crippen LogP contribution in [-0.2, 0) is 9.53 Å². The van der Waals surface area contributed by atoms with E-state index in [1.807, 2.05) is 0 Å². The fourth-order valence-electron chi connectivity index (χ4n) is 0.133. The van der Waals surface area contributed by atoms with Crippen LogP contribution < -0.4 is 0 Å². The second-order valence-corrected chi connectivity index (χ2v) is 1.27. The fraction of sp³-hybridized carbons (Fsp3) is 0.500. The zero-order valence-corrected chi connectivity index (χ0v) is 4.52. The van der Waals surface area contributed by atoms with Gasteiger partial charge in [0.15, 0.2) is 0 Å². The Labute approximate surface area is 56.2 Å². The quantitative estimate of drug-likeness (QED) is 0.402. The van der Waals surface area contributed by atoms with E-state index in [0.29, 0.717) is 0 Å². The van der Waals surface area contributed by atoms with E-state index in [4.69, 9.17) is 6.85 Å². The summed E-state index contributed by atoms with van der Waals surface area (Å²) in [7, 11) is 0. The van der Waals surface area contributed by atoms with Crippen LogP contribution in [0.3, 0.4) is 0 Å². The van der Waals surface area contributed by atoms with Gasteiger partial charge < -0.3 is 4.74 Å². The van der Waals surface area contributed by atoms with E-state index < -0.39 is 19.4 Å². The van der Waals surface area contributed by atoms with Crippen LogP contribution in [0.15, 0.2) is 12.2 Å². The summed E-state index contributed by atoms with van der Waals surface area (Å²) in [5, 5.41) is 0. The molecular weight excluding hydrogens is 104 g/mol. The molecule has 0 aromatic heterocycles. The molecule has 0 spiro atoms. The van der Waals surface area contributed by atoms with E-state index >= 15 is 0 Å². The normalized spacial score (nSPS) is 20.9. The Morgan fingerprint density at radius 1 is 2.12 bits per heavy atom. The maximum atomic E-state index is 10.8. The van der Waals surface area contributed by atoms with Crippen LogP contribution in [0.1, 0.15) is 20.6 Å². The molecule has 0 rings (SSSR count). The Bertz CT molecular complexity index is 230. The van der Waals surface area contributed by atoms with Crippen LogP contribution in [-0.4, -0.2) is 12.5 Å². The van der Waals surface area contributed by atoms with E-state index in [9.17, 15) is 4.79 Å². The average Bonchev–Trinajstić information content (AvgIpc) is 1.83. The molecule has 0 saturated heterocycles. The molecule has 2 nitrogen and oxygen atoms in total. The van der Waals surface area contributed by atoms with Crippen molar-refractivity contribution in [1.29, 1.82) is 0 Å². The minimum Gasteiger partial charge on any atom is -0.463 e. The summed E-state index contributed by atoms with van der Waals surface area (Å²) < 4.78 is 38.1. The summed E-state index contributed by atoms with van der Waals surface area (Å²) in [6, 6.07) is 0. The Balaban J connectivity index is 4.53. The van der Waals surface area contributed by atoms with E-state index in [-0.39, 0.29) is 5.57 Å². The highest BCUT2D eigenvalue weighted by Gasteiger charge is 1.98. The summed E-state index contributed by atoms with van der Waals surface area (Å²) in [6.45, 7) is -1.46. The lowest BCUT2D eigenvalue weighted by Gasteiger charge is -1.96. The number of hydrogen-bond donors (Lipinski definition) is 0. The summed E-state index contributed by atoms with van der Waals surface area (Å²) in [5.74, 6) is -1.05. The minimum absolute atomic E-state index is 0.0480. The van der Waals surface area contributed by atoms with Gasteiger partial charge in [0.05, 0.1) is 9.30 Å². The van der Waals surface area contributed by atoms with E-state index in [1.54, 1.807) is 0 Å². The molecule has 2 heteroatoms. The van der Waals surface area contributed by atoms with Crippen molar-refractivity contribution in [1.82, 2.24) is 0 Å². The number of esters is 1. The molecule has 0 radical (unpaired) electrons. The molecule has 0 unspecified atom stereocenters. The van der Waals surface area contributed by atoms with Crippen LogP contribution in [0.25, 0.3) is 0 Å². The zero-order chi connectivity index (χ0) is 10.9. The number of rotatable bonds is 2. The third-order valence-corrected chi connectivity index (χ3v) is 0.492. The van der Waals surface area contributed by atoms with Crippen molar-refractivity contribution in [2.75, 3.05) is 6.56 Å². The van der Waals surface area contributed by atoms with Gasteiger partial charge in [-0.25, -0.2) is 4.79 Å². The van der Waals surface area contributed by atoms with Gasteiger partial charge in [-0.15, -0.1) is 0 Å². The number of carbonyl (C=O) groups excluding carboxylic acids is 1. The van der Waals surface area contributed by atoms with Crippen molar-refractivity contribution in [3.05, 3.63) is 12.2 Å². The molecule has 0 aliphatic rings. The molecule has 46 valence electrons. The maximum Gasteiger partial charge on any atom is 0.333 e. The van der Waals surface area contributed by atoms with Gasteiger partial charge in [-0.1, -0.05) is 6.58 Å². The first-order chi connectivity index (χ1) is 5.58. The molecule has 0 aromatic rings. The molecule has 8 heavy (non-hydrogen) atoms. The van der Waals surface area contributed by atoms with Crippen LogP contribution in [0, 0.1) is 0 Å². The maximum absolute atomic E-state index is 10.8. The van der Waals surface area contributed by atoms with Crippen molar-refractivity contribution >= 4 is 5.97 Å². The van der Waals surface area contributed by atoms with Crippen molar-refractivity contribution in [3.63, 3.8) is 0 Å². The zero-order valence-electron chi connectivity index (χ0n) is 9.52. The molecule has 0 N–H and O–H groups in total. The van der Waals surface area contributed by atoms with Crippen molar-refractivity contribution in [3.8, 4) is 0 Å². The molecule has 0 heterocycles. The lowest BCUT2D eigenvalue weighted by molar-refractivity contribution is -0.138. The number of hydrogen-bond acceptors (Lipinski definition) is 2. The molecule has 0 bridgehead atoms. The van der Waals surface area contributed by atoms with Gasteiger partial charge in [-0.3, -0.25) is 0 Å². The molecular formula is C6H10O2. The highest BCUT2D eigenvalue weighted by Crippen LogP contribution is 1.89. The van der Waals surface area contributed by atoms with Crippen molar-refractivity contribution in [2.24, 2.45) is 0 Å². The highest BCUT2D eigenvalue weighted by atomic mass is 16.5. The Morgan fingerprint density at radius 2 is 2.75 bits per heavy atom. The smallest absolute Gasteiger partial charge is 0.333 e. The van der Waals surface area contributed by atoms with Gasteiger partial charge in [0.25, 0.3) is 0 Å². The predicted octanol–water partition coefficient (Wildman–Crippen LogP) is 1.13. The lowest BCUT2D eigenvalue weighted by Crippen LogP contribution is -2.03. The van der Waals surface area contributed by atoms with Gasteiger partial charge >= 0.3 is 5.97 Å².